The lowest BCUT2D eigenvalue weighted by atomic mass is 10.1. The molecule has 1 atom stereocenters. The Labute approximate surface area is 169 Å². The van der Waals surface area contributed by atoms with Crippen LogP contribution in [0.3, 0.4) is 0 Å². The second-order valence-corrected chi connectivity index (χ2v) is 9.07. The summed E-state index contributed by atoms with van der Waals surface area (Å²) in [4.78, 5) is 11.2. The van der Waals surface area contributed by atoms with Gasteiger partial charge in [-0.2, -0.15) is 4.31 Å². The van der Waals surface area contributed by atoms with Crippen LogP contribution in [0.25, 0.3) is 11.3 Å². The highest BCUT2D eigenvalue weighted by Gasteiger charge is 2.36. The van der Waals surface area contributed by atoms with Crippen LogP contribution in [0.4, 0.5) is 0 Å². The molecule has 1 unspecified atom stereocenters. The van der Waals surface area contributed by atoms with Crippen LogP contribution < -0.4 is 5.32 Å². The highest BCUT2D eigenvalue weighted by Crippen LogP contribution is 2.33. The third kappa shape index (κ3) is 3.78. The molecule has 0 aromatic heterocycles. The minimum Gasteiger partial charge on any atom is -0.481 e. The van der Waals surface area contributed by atoms with E-state index in [9.17, 15) is 13.2 Å². The van der Waals surface area contributed by atoms with Crippen LogP contribution in [0, 0.1) is 6.92 Å². The molecule has 2 aliphatic heterocycles. The molecular weight excluding hydrogens is 392 g/mol. The zero-order chi connectivity index (χ0) is 20.6. The summed E-state index contributed by atoms with van der Waals surface area (Å²) in [6.45, 7) is 3.03. The average molecular weight is 414 g/mol. The molecule has 2 N–H and O–H groups in total. The van der Waals surface area contributed by atoms with Gasteiger partial charge in [-0.15, -0.1) is 0 Å². The van der Waals surface area contributed by atoms with Crippen molar-refractivity contribution in [3.05, 3.63) is 65.4 Å². The Balaban J connectivity index is 1.72. The van der Waals surface area contributed by atoms with Crippen LogP contribution >= 0.6 is 0 Å². The smallest absolute Gasteiger partial charge is 0.307 e. The number of aliphatic carboxylic acids is 1. The van der Waals surface area contributed by atoms with Gasteiger partial charge in [0.05, 0.1) is 17.4 Å². The molecule has 7 nitrogen and oxygen atoms in total. The van der Waals surface area contributed by atoms with E-state index in [-0.39, 0.29) is 11.3 Å². The molecule has 4 rings (SSSR count). The average Bonchev–Trinajstić information content (AvgIpc) is 3.17. The summed E-state index contributed by atoms with van der Waals surface area (Å²) in [5, 5.41) is 12.3. The third-order valence-electron chi connectivity index (χ3n) is 5.25. The van der Waals surface area contributed by atoms with Gasteiger partial charge in [-0.05, 0) is 48.4 Å². The van der Waals surface area contributed by atoms with E-state index in [4.69, 9.17) is 9.52 Å². The van der Waals surface area contributed by atoms with Crippen LogP contribution in [-0.4, -0.2) is 43.4 Å². The van der Waals surface area contributed by atoms with Crippen LogP contribution in [0.1, 0.15) is 22.9 Å². The minimum atomic E-state index is -3.83. The zero-order valence-electron chi connectivity index (χ0n) is 16.0. The molecule has 1 aromatic rings. The molecular formula is C21H22N2O5S. The Kier molecular flexibility index (Phi) is 5.16. The molecule has 1 fully saturated rings. The summed E-state index contributed by atoms with van der Waals surface area (Å²) in [7, 11) is -3.83. The Morgan fingerprint density at radius 2 is 2.07 bits per heavy atom. The molecule has 1 aliphatic carbocycles. The largest absolute Gasteiger partial charge is 0.481 e. The molecule has 152 valence electrons. The first-order valence-corrected chi connectivity index (χ1v) is 10.8. The molecule has 2 heterocycles. The number of carbonyl (C=O) groups is 1. The van der Waals surface area contributed by atoms with Gasteiger partial charge in [0, 0.05) is 25.2 Å². The van der Waals surface area contributed by atoms with Gasteiger partial charge in [0.1, 0.15) is 11.5 Å². The fraction of sp³-hybridized carbons (Fsp3) is 0.286. The summed E-state index contributed by atoms with van der Waals surface area (Å²) in [6, 6.07) is 13.6. The molecule has 1 saturated heterocycles. The lowest BCUT2D eigenvalue weighted by molar-refractivity contribution is -0.136. The lowest BCUT2D eigenvalue weighted by Gasteiger charge is -2.34. The number of nitrogens with zero attached hydrogens (tertiary/aromatic N) is 1. The number of carboxylic acid groups (broad SMARTS) is 1. The van der Waals surface area contributed by atoms with Crippen molar-refractivity contribution in [3.8, 4) is 11.3 Å². The van der Waals surface area contributed by atoms with E-state index in [1.807, 2.05) is 30.3 Å². The van der Waals surface area contributed by atoms with E-state index in [2.05, 4.69) is 5.32 Å². The molecule has 29 heavy (non-hydrogen) atoms. The van der Waals surface area contributed by atoms with Crippen LogP contribution in [0.5, 0.6) is 0 Å². The van der Waals surface area contributed by atoms with Crippen molar-refractivity contribution in [2.75, 3.05) is 19.6 Å². The van der Waals surface area contributed by atoms with Crippen LogP contribution in [0.15, 0.2) is 57.8 Å². The zero-order valence-corrected chi connectivity index (χ0v) is 16.8. The number of sulfonamides is 1. The lowest BCUT2D eigenvalue weighted by Crippen LogP contribution is -2.48. The number of nitrogens with one attached hydrogen (secondary N) is 1. The predicted octanol–water partition coefficient (Wildman–Crippen LogP) is 2.66. The number of piperazine rings is 1. The van der Waals surface area contributed by atoms with Gasteiger partial charge < -0.3 is 14.8 Å². The number of carboxylic acids is 1. The fourth-order valence-corrected chi connectivity index (χ4v) is 5.32. The molecule has 0 saturated carbocycles. The second-order valence-electron chi connectivity index (χ2n) is 7.18. The molecule has 0 radical (unpaired) electrons. The maximum absolute atomic E-state index is 13.4. The Morgan fingerprint density at radius 1 is 1.24 bits per heavy atom. The SMILES string of the molecule is Cc1ccc(S(=O)(=O)N2CCNCC2c2ccc3cccc-3o2)cc1CC(=O)O. The molecule has 1 aromatic carbocycles. The molecule has 0 amide bonds. The van der Waals surface area contributed by atoms with Crippen molar-refractivity contribution in [1.29, 1.82) is 0 Å². The van der Waals surface area contributed by atoms with Gasteiger partial charge >= 0.3 is 5.97 Å². The van der Waals surface area contributed by atoms with E-state index in [1.54, 1.807) is 13.0 Å². The number of rotatable bonds is 5. The highest BCUT2D eigenvalue weighted by molar-refractivity contribution is 7.89. The molecule has 0 spiro atoms. The summed E-state index contributed by atoms with van der Waals surface area (Å²) in [5.41, 5.74) is 2.21. The first-order chi connectivity index (χ1) is 13.9. The number of hydrogen-bond acceptors (Lipinski definition) is 5. The topological polar surface area (TPSA) is 99.9 Å². The summed E-state index contributed by atoms with van der Waals surface area (Å²) < 4.78 is 34.3. The van der Waals surface area contributed by atoms with E-state index in [0.29, 0.717) is 36.7 Å². The molecule has 3 aliphatic rings. The molecule has 8 heteroatoms. The number of aryl methyl sites for hydroxylation is 1. The highest BCUT2D eigenvalue weighted by atomic mass is 32.2. The van der Waals surface area contributed by atoms with E-state index < -0.39 is 22.0 Å². The van der Waals surface area contributed by atoms with Crippen molar-refractivity contribution in [2.45, 2.75) is 24.3 Å². The van der Waals surface area contributed by atoms with Gasteiger partial charge in [-0.3, -0.25) is 4.79 Å². The molecule has 0 bridgehead atoms. The summed E-state index contributed by atoms with van der Waals surface area (Å²) in [5.74, 6) is 0.284. The fourth-order valence-electron chi connectivity index (χ4n) is 3.67. The van der Waals surface area contributed by atoms with Crippen molar-refractivity contribution in [2.24, 2.45) is 0 Å². The first-order valence-electron chi connectivity index (χ1n) is 9.38. The van der Waals surface area contributed by atoms with Gasteiger partial charge in [0.15, 0.2) is 0 Å². The Morgan fingerprint density at radius 3 is 2.86 bits per heavy atom. The van der Waals surface area contributed by atoms with E-state index >= 15 is 0 Å². The quantitative estimate of drug-likeness (QED) is 0.666. The first kappa shape index (κ1) is 19.6. The van der Waals surface area contributed by atoms with Gasteiger partial charge in [0.25, 0.3) is 0 Å². The van der Waals surface area contributed by atoms with Crippen molar-refractivity contribution >= 4 is 16.0 Å². The van der Waals surface area contributed by atoms with E-state index in [1.165, 1.54) is 16.4 Å². The number of benzene rings is 1. The van der Waals surface area contributed by atoms with Crippen LogP contribution in [-0.2, 0) is 21.2 Å². The maximum atomic E-state index is 13.4. The van der Waals surface area contributed by atoms with Crippen molar-refractivity contribution < 1.29 is 22.7 Å². The number of fused-ring (bicyclic) bond motifs is 1. The Bertz CT molecular complexity index is 1120. The third-order valence-corrected chi connectivity index (χ3v) is 7.16. The minimum absolute atomic E-state index is 0.0978. The van der Waals surface area contributed by atoms with Gasteiger partial charge in [0.2, 0.25) is 10.0 Å². The van der Waals surface area contributed by atoms with Gasteiger partial charge in [-0.25, -0.2) is 8.42 Å². The Hall–Kier alpha value is -2.68. The number of hydrogen-bond donors (Lipinski definition) is 2. The predicted molar refractivity (Wildman–Crippen MR) is 107 cm³/mol. The van der Waals surface area contributed by atoms with Crippen molar-refractivity contribution in [3.63, 3.8) is 0 Å². The maximum Gasteiger partial charge on any atom is 0.307 e. The standard InChI is InChI=1S/C21H22N2O5S/c1-14-5-7-17(11-16(14)12-21(24)25)29(26,27)23-10-9-22-13-18(23)20-8-6-15-3-2-4-19(15)28-20/h2-8,11,18,22H,9-10,12-13H2,1H3,(H,24,25). The monoisotopic (exact) mass is 414 g/mol. The summed E-state index contributed by atoms with van der Waals surface area (Å²) in [6.07, 6.45) is -0.219. The van der Waals surface area contributed by atoms with Gasteiger partial charge in [-0.1, -0.05) is 18.2 Å². The van der Waals surface area contributed by atoms with Crippen molar-refractivity contribution in [1.82, 2.24) is 9.62 Å². The van der Waals surface area contributed by atoms with E-state index in [0.717, 1.165) is 11.1 Å². The summed E-state index contributed by atoms with van der Waals surface area (Å²) >= 11 is 0. The normalized spacial score (nSPS) is 18.2. The second kappa shape index (κ2) is 7.62. The van der Waals surface area contributed by atoms with Crippen LogP contribution in [0.2, 0.25) is 0 Å².